The van der Waals surface area contributed by atoms with Gasteiger partial charge in [-0.15, -0.1) is 0 Å². The average molecular weight is 276 g/mol. The van der Waals surface area contributed by atoms with Gasteiger partial charge in [0.1, 0.15) is 0 Å². The molecule has 0 aromatic rings. The molecule has 0 aromatic carbocycles. The summed E-state index contributed by atoms with van der Waals surface area (Å²) in [7, 11) is 0. The number of nitrogens with zero attached hydrogens (tertiary/aromatic N) is 2. The van der Waals surface area contributed by atoms with Crippen molar-refractivity contribution < 1.29 is 0 Å². The summed E-state index contributed by atoms with van der Waals surface area (Å²) in [6, 6.07) is 2.48. The molecule has 3 aliphatic heterocycles. The number of hydrogen-bond donors (Lipinski definition) is 0. The van der Waals surface area contributed by atoms with Gasteiger partial charge >= 0.3 is 0 Å². The molecule has 0 aromatic heterocycles. The first-order chi connectivity index (χ1) is 9.85. The minimum absolute atomic E-state index is 0.366. The molecule has 0 N–H and O–H groups in total. The van der Waals surface area contributed by atoms with Gasteiger partial charge in [0.05, 0.1) is 6.07 Å². The summed E-state index contributed by atoms with van der Waals surface area (Å²) in [5.74, 6) is 0. The highest BCUT2D eigenvalue weighted by molar-refractivity contribution is 4.92. The molecule has 20 heavy (non-hydrogen) atoms. The number of hydrogen-bond acceptors (Lipinski definition) is 2. The van der Waals surface area contributed by atoms with E-state index < -0.39 is 0 Å². The van der Waals surface area contributed by atoms with Crippen LogP contribution in [0.3, 0.4) is 0 Å². The van der Waals surface area contributed by atoms with Crippen molar-refractivity contribution in [1.29, 1.82) is 5.26 Å². The van der Waals surface area contributed by atoms with E-state index in [0.717, 1.165) is 6.42 Å². The van der Waals surface area contributed by atoms with Crippen LogP contribution >= 0.6 is 0 Å². The molecule has 3 fully saturated rings. The van der Waals surface area contributed by atoms with Crippen molar-refractivity contribution in [1.82, 2.24) is 4.90 Å². The lowest BCUT2D eigenvalue weighted by atomic mass is 9.72. The van der Waals surface area contributed by atoms with Crippen LogP contribution in [-0.2, 0) is 0 Å². The smallest absolute Gasteiger partial charge is 0.0627 e. The molecular weight excluding hydrogens is 244 g/mol. The van der Waals surface area contributed by atoms with Crippen LogP contribution in [0.1, 0.15) is 83.5 Å². The van der Waals surface area contributed by atoms with Crippen molar-refractivity contribution in [2.45, 2.75) is 83.5 Å². The van der Waals surface area contributed by atoms with Gasteiger partial charge in [-0.1, -0.05) is 51.4 Å². The molecule has 2 nitrogen and oxygen atoms in total. The monoisotopic (exact) mass is 276 g/mol. The van der Waals surface area contributed by atoms with E-state index in [1.165, 1.54) is 96.7 Å². The molecule has 2 heteroatoms. The summed E-state index contributed by atoms with van der Waals surface area (Å²) >= 11 is 0. The van der Waals surface area contributed by atoms with Crippen LogP contribution in [0.25, 0.3) is 0 Å². The second-order valence-corrected chi connectivity index (χ2v) is 7.11. The molecule has 0 aliphatic carbocycles. The maximum Gasteiger partial charge on any atom is 0.0627 e. The molecule has 3 rings (SSSR count). The number of fused-ring (bicyclic) bond motifs is 12. The van der Waals surface area contributed by atoms with E-state index in [-0.39, 0.29) is 0 Å². The molecule has 114 valence electrons. The standard InChI is InChI=1S/C18H32N2/c19-14-11-18-10-8-6-4-2-1-3-5-7-9-15-20(16-12-18)17-13-18/h1-13,15-17H2. The zero-order chi connectivity index (χ0) is 14.1. The summed E-state index contributed by atoms with van der Waals surface area (Å²) in [6.45, 7) is 3.77. The van der Waals surface area contributed by atoms with Crippen molar-refractivity contribution in [3.8, 4) is 6.07 Å². The fourth-order valence-electron chi connectivity index (χ4n) is 4.01. The van der Waals surface area contributed by atoms with Crippen molar-refractivity contribution >= 4 is 0 Å². The third-order valence-electron chi connectivity index (χ3n) is 5.55. The molecule has 0 spiro atoms. The van der Waals surface area contributed by atoms with Gasteiger partial charge in [-0.25, -0.2) is 0 Å². The van der Waals surface area contributed by atoms with E-state index in [2.05, 4.69) is 11.0 Å². The second kappa shape index (κ2) is 8.67. The summed E-state index contributed by atoms with van der Waals surface area (Å²) in [4.78, 5) is 2.65. The topological polar surface area (TPSA) is 27.0 Å². The predicted octanol–water partition coefficient (Wildman–Crippen LogP) is 4.90. The van der Waals surface area contributed by atoms with Gasteiger partial charge in [-0.2, -0.15) is 5.26 Å². The van der Waals surface area contributed by atoms with Crippen LogP contribution < -0.4 is 0 Å². The second-order valence-electron chi connectivity index (χ2n) is 7.11. The van der Waals surface area contributed by atoms with Crippen LogP contribution in [0.4, 0.5) is 0 Å². The van der Waals surface area contributed by atoms with E-state index >= 15 is 0 Å². The minimum atomic E-state index is 0.366. The third-order valence-corrected chi connectivity index (χ3v) is 5.55. The first-order valence-corrected chi connectivity index (χ1v) is 8.94. The molecule has 3 heterocycles. The third kappa shape index (κ3) is 5.09. The Bertz CT molecular complexity index is 292. The molecule has 0 saturated carbocycles. The number of nitriles is 1. The fourth-order valence-corrected chi connectivity index (χ4v) is 4.01. The van der Waals surface area contributed by atoms with Gasteiger partial charge in [0.25, 0.3) is 0 Å². The zero-order valence-corrected chi connectivity index (χ0v) is 13.2. The van der Waals surface area contributed by atoms with Crippen molar-refractivity contribution in [3.05, 3.63) is 0 Å². The Morgan fingerprint density at radius 2 is 1.25 bits per heavy atom. The van der Waals surface area contributed by atoms with Crippen LogP contribution in [0.5, 0.6) is 0 Å². The van der Waals surface area contributed by atoms with Gasteiger partial charge in [0.15, 0.2) is 0 Å². The molecule has 3 aliphatic rings. The van der Waals surface area contributed by atoms with Gasteiger partial charge in [0.2, 0.25) is 0 Å². The maximum absolute atomic E-state index is 9.18. The van der Waals surface area contributed by atoms with Crippen molar-refractivity contribution in [2.24, 2.45) is 5.41 Å². The number of piperidine rings is 1. The summed E-state index contributed by atoms with van der Waals surface area (Å²) in [6.07, 6.45) is 17.3. The van der Waals surface area contributed by atoms with E-state index in [1.54, 1.807) is 0 Å². The van der Waals surface area contributed by atoms with Crippen LogP contribution in [0.2, 0.25) is 0 Å². The Hall–Kier alpha value is -0.550. The molecular formula is C18H32N2. The molecule has 0 amide bonds. The molecule has 0 unspecified atom stereocenters. The fraction of sp³-hybridized carbons (Fsp3) is 0.944. The highest BCUT2D eigenvalue weighted by Crippen LogP contribution is 2.40. The van der Waals surface area contributed by atoms with Crippen molar-refractivity contribution in [2.75, 3.05) is 19.6 Å². The molecule has 0 radical (unpaired) electrons. The summed E-state index contributed by atoms with van der Waals surface area (Å²) < 4.78 is 0. The number of rotatable bonds is 1. The largest absolute Gasteiger partial charge is 0.303 e. The maximum atomic E-state index is 9.18. The highest BCUT2D eigenvalue weighted by atomic mass is 15.1. The minimum Gasteiger partial charge on any atom is -0.303 e. The van der Waals surface area contributed by atoms with E-state index in [9.17, 15) is 5.26 Å². The Morgan fingerprint density at radius 1 is 0.700 bits per heavy atom. The van der Waals surface area contributed by atoms with Gasteiger partial charge in [-0.3, -0.25) is 0 Å². The predicted molar refractivity (Wildman–Crippen MR) is 84.5 cm³/mol. The van der Waals surface area contributed by atoms with Crippen LogP contribution in [0, 0.1) is 16.7 Å². The first kappa shape index (κ1) is 15.8. The van der Waals surface area contributed by atoms with Crippen molar-refractivity contribution in [3.63, 3.8) is 0 Å². The quantitative estimate of drug-likeness (QED) is 0.681. The average Bonchev–Trinajstić information content (AvgIpc) is 2.48. The normalized spacial score (nSPS) is 33.9. The van der Waals surface area contributed by atoms with E-state index in [0.29, 0.717) is 5.41 Å². The lowest BCUT2D eigenvalue weighted by molar-refractivity contribution is 0.0947. The van der Waals surface area contributed by atoms with Crippen LogP contribution in [0.15, 0.2) is 0 Å². The Labute approximate surface area is 125 Å². The SMILES string of the molecule is N#CCC12CCCCCCCCCCCN(CC1)CC2. The van der Waals surface area contributed by atoms with Crippen LogP contribution in [-0.4, -0.2) is 24.5 Å². The molecule has 2 bridgehead atoms. The lowest BCUT2D eigenvalue weighted by Gasteiger charge is -2.41. The molecule has 3 saturated heterocycles. The van der Waals surface area contributed by atoms with E-state index in [4.69, 9.17) is 0 Å². The first-order valence-electron chi connectivity index (χ1n) is 8.94. The zero-order valence-electron chi connectivity index (χ0n) is 13.2. The van der Waals surface area contributed by atoms with Gasteiger partial charge in [0, 0.05) is 6.42 Å². The Balaban J connectivity index is 1.87. The lowest BCUT2D eigenvalue weighted by Crippen LogP contribution is -2.40. The highest BCUT2D eigenvalue weighted by Gasteiger charge is 2.33. The Kier molecular flexibility index (Phi) is 6.87. The molecule has 0 atom stereocenters. The van der Waals surface area contributed by atoms with E-state index in [1.807, 2.05) is 0 Å². The summed E-state index contributed by atoms with van der Waals surface area (Å²) in [5.41, 5.74) is 0.366. The van der Waals surface area contributed by atoms with Gasteiger partial charge in [-0.05, 0) is 50.7 Å². The summed E-state index contributed by atoms with van der Waals surface area (Å²) in [5, 5.41) is 9.18. The van der Waals surface area contributed by atoms with Gasteiger partial charge < -0.3 is 4.90 Å². The Morgan fingerprint density at radius 3 is 1.85 bits per heavy atom.